The molecule has 6 nitrogen and oxygen atoms in total. The topological polar surface area (TPSA) is 80.6 Å². The summed E-state index contributed by atoms with van der Waals surface area (Å²) in [6.45, 7) is 2.41. The van der Waals surface area contributed by atoms with Crippen molar-refractivity contribution < 1.29 is 18.7 Å². The molecule has 128 valence electrons. The molecular weight excluding hydrogens is 308 g/mol. The summed E-state index contributed by atoms with van der Waals surface area (Å²) in [4.78, 5) is 23.7. The average molecular weight is 330 g/mol. The minimum Gasteiger partial charge on any atom is -0.494 e. The molecule has 1 aromatic carbocycles. The lowest BCUT2D eigenvalue weighted by atomic mass is 10.2. The highest BCUT2D eigenvalue weighted by molar-refractivity contribution is 5.87. The highest BCUT2D eigenvalue weighted by Gasteiger charge is 2.15. The summed E-state index contributed by atoms with van der Waals surface area (Å²) in [5, 5.41) is 5.38. The van der Waals surface area contributed by atoms with E-state index in [9.17, 15) is 9.59 Å². The van der Waals surface area contributed by atoms with Crippen molar-refractivity contribution in [1.29, 1.82) is 0 Å². The maximum absolute atomic E-state index is 11.9. The number of furan rings is 1. The lowest BCUT2D eigenvalue weighted by Crippen LogP contribution is -2.44. The van der Waals surface area contributed by atoms with Crippen LogP contribution < -0.4 is 15.4 Å². The van der Waals surface area contributed by atoms with Gasteiger partial charge in [0.05, 0.1) is 19.4 Å². The zero-order valence-corrected chi connectivity index (χ0v) is 13.7. The number of carbonyl (C=O) groups is 2. The molecule has 2 rings (SSSR count). The van der Waals surface area contributed by atoms with E-state index in [1.807, 2.05) is 30.3 Å². The van der Waals surface area contributed by atoms with Crippen LogP contribution in [0.3, 0.4) is 0 Å². The minimum absolute atomic E-state index is 0.174. The molecule has 2 aromatic rings. The predicted octanol–water partition coefficient (Wildman–Crippen LogP) is 2.26. The van der Waals surface area contributed by atoms with Gasteiger partial charge in [-0.15, -0.1) is 0 Å². The second-order valence-corrected chi connectivity index (χ2v) is 5.35. The van der Waals surface area contributed by atoms with Gasteiger partial charge in [-0.3, -0.25) is 9.59 Å². The Morgan fingerprint density at radius 2 is 1.96 bits per heavy atom. The van der Waals surface area contributed by atoms with E-state index < -0.39 is 6.04 Å². The van der Waals surface area contributed by atoms with Crippen molar-refractivity contribution in [2.75, 3.05) is 6.61 Å². The Labute approximate surface area is 141 Å². The van der Waals surface area contributed by atoms with E-state index in [1.165, 1.54) is 0 Å². The van der Waals surface area contributed by atoms with Gasteiger partial charge in [0.2, 0.25) is 11.8 Å². The zero-order valence-electron chi connectivity index (χ0n) is 13.7. The summed E-state index contributed by atoms with van der Waals surface area (Å²) in [5.41, 5.74) is 0. The van der Waals surface area contributed by atoms with Gasteiger partial charge in [-0.25, -0.2) is 0 Å². The van der Waals surface area contributed by atoms with E-state index in [1.54, 1.807) is 25.3 Å². The smallest absolute Gasteiger partial charge is 0.242 e. The molecule has 1 aromatic heterocycles. The molecule has 2 N–H and O–H groups in total. The van der Waals surface area contributed by atoms with Crippen molar-refractivity contribution in [3.8, 4) is 5.75 Å². The number of hydrogen-bond donors (Lipinski definition) is 2. The third-order valence-electron chi connectivity index (χ3n) is 3.35. The lowest BCUT2D eigenvalue weighted by molar-refractivity contribution is -0.128. The van der Waals surface area contributed by atoms with E-state index in [-0.39, 0.29) is 11.8 Å². The SMILES string of the molecule is C[C@@H](NC(=O)CCCOc1ccccc1)C(=O)NCc1ccco1. The molecule has 0 saturated heterocycles. The molecule has 6 heteroatoms. The predicted molar refractivity (Wildman–Crippen MR) is 89.3 cm³/mol. The van der Waals surface area contributed by atoms with E-state index in [0.29, 0.717) is 31.8 Å². The molecule has 0 aliphatic heterocycles. The number of nitrogens with one attached hydrogen (secondary N) is 2. The third-order valence-corrected chi connectivity index (χ3v) is 3.35. The van der Waals surface area contributed by atoms with Gasteiger partial charge in [0, 0.05) is 6.42 Å². The zero-order chi connectivity index (χ0) is 17.2. The van der Waals surface area contributed by atoms with Crippen molar-refractivity contribution in [2.24, 2.45) is 0 Å². The fourth-order valence-electron chi connectivity index (χ4n) is 2.06. The Balaban J connectivity index is 1.59. The van der Waals surface area contributed by atoms with Gasteiger partial charge in [0.25, 0.3) is 0 Å². The summed E-state index contributed by atoms with van der Waals surface area (Å²) in [6, 6.07) is 12.4. The number of benzene rings is 1. The van der Waals surface area contributed by atoms with E-state index >= 15 is 0 Å². The van der Waals surface area contributed by atoms with Crippen molar-refractivity contribution in [1.82, 2.24) is 10.6 Å². The van der Waals surface area contributed by atoms with Crippen LogP contribution in [-0.2, 0) is 16.1 Å². The molecule has 0 spiro atoms. The Morgan fingerprint density at radius 1 is 1.17 bits per heavy atom. The first kappa shape index (κ1) is 17.6. The number of ether oxygens (including phenoxy) is 1. The van der Waals surface area contributed by atoms with Crippen LogP contribution in [-0.4, -0.2) is 24.5 Å². The van der Waals surface area contributed by atoms with E-state index in [4.69, 9.17) is 9.15 Å². The van der Waals surface area contributed by atoms with Crippen LogP contribution in [0.15, 0.2) is 53.1 Å². The maximum atomic E-state index is 11.9. The van der Waals surface area contributed by atoms with Gasteiger partial charge < -0.3 is 19.8 Å². The molecule has 0 bridgehead atoms. The quantitative estimate of drug-likeness (QED) is 0.691. The van der Waals surface area contributed by atoms with Crippen LogP contribution >= 0.6 is 0 Å². The van der Waals surface area contributed by atoms with Gasteiger partial charge in [0.1, 0.15) is 17.6 Å². The normalized spacial score (nSPS) is 11.5. The second-order valence-electron chi connectivity index (χ2n) is 5.35. The molecule has 0 saturated carbocycles. The monoisotopic (exact) mass is 330 g/mol. The highest BCUT2D eigenvalue weighted by Crippen LogP contribution is 2.08. The van der Waals surface area contributed by atoms with E-state index in [0.717, 1.165) is 5.75 Å². The van der Waals surface area contributed by atoms with Crippen molar-refractivity contribution in [2.45, 2.75) is 32.4 Å². The first-order valence-corrected chi connectivity index (χ1v) is 7.92. The van der Waals surface area contributed by atoms with Crippen LogP contribution in [0.4, 0.5) is 0 Å². The van der Waals surface area contributed by atoms with Crippen LogP contribution in [0, 0.1) is 0 Å². The van der Waals surface area contributed by atoms with Crippen LogP contribution in [0.25, 0.3) is 0 Å². The third kappa shape index (κ3) is 6.16. The van der Waals surface area contributed by atoms with Gasteiger partial charge in [0.15, 0.2) is 0 Å². The molecule has 0 fully saturated rings. The molecule has 0 aliphatic rings. The van der Waals surface area contributed by atoms with Crippen molar-refractivity contribution >= 4 is 11.8 Å². The Bertz CT molecular complexity index is 626. The summed E-state index contributed by atoms with van der Waals surface area (Å²) >= 11 is 0. The fraction of sp³-hybridized carbons (Fsp3) is 0.333. The largest absolute Gasteiger partial charge is 0.494 e. The summed E-state index contributed by atoms with van der Waals surface area (Å²) in [7, 11) is 0. The van der Waals surface area contributed by atoms with E-state index in [2.05, 4.69) is 10.6 Å². The number of rotatable bonds is 9. The number of para-hydroxylation sites is 1. The van der Waals surface area contributed by atoms with Crippen LogP contribution in [0.1, 0.15) is 25.5 Å². The Hall–Kier alpha value is -2.76. The molecular formula is C18H22N2O4. The fourth-order valence-corrected chi connectivity index (χ4v) is 2.06. The van der Waals surface area contributed by atoms with Crippen molar-refractivity contribution in [3.05, 3.63) is 54.5 Å². The molecule has 0 aliphatic carbocycles. The number of amides is 2. The summed E-state index contributed by atoms with van der Waals surface area (Å²) < 4.78 is 10.6. The standard InChI is InChI=1S/C18H22N2O4/c1-14(18(22)19-13-16-9-5-11-24-16)20-17(21)10-6-12-23-15-7-3-2-4-8-15/h2-5,7-9,11,14H,6,10,12-13H2,1H3,(H,19,22)(H,20,21)/t14-/m1/s1. The molecule has 0 radical (unpaired) electrons. The molecule has 1 heterocycles. The number of carbonyl (C=O) groups excluding carboxylic acids is 2. The van der Waals surface area contributed by atoms with Gasteiger partial charge in [-0.2, -0.15) is 0 Å². The van der Waals surface area contributed by atoms with Crippen LogP contribution in [0.2, 0.25) is 0 Å². The lowest BCUT2D eigenvalue weighted by Gasteiger charge is -2.13. The molecule has 24 heavy (non-hydrogen) atoms. The minimum atomic E-state index is -0.595. The molecule has 1 atom stereocenters. The molecule has 2 amide bonds. The summed E-state index contributed by atoms with van der Waals surface area (Å²) in [5.74, 6) is 1.02. The van der Waals surface area contributed by atoms with Crippen molar-refractivity contribution in [3.63, 3.8) is 0 Å². The highest BCUT2D eigenvalue weighted by atomic mass is 16.5. The van der Waals surface area contributed by atoms with Gasteiger partial charge in [-0.1, -0.05) is 18.2 Å². The second kappa shape index (κ2) is 9.39. The Morgan fingerprint density at radius 3 is 2.67 bits per heavy atom. The first-order chi connectivity index (χ1) is 11.6. The maximum Gasteiger partial charge on any atom is 0.242 e. The average Bonchev–Trinajstić information content (AvgIpc) is 3.11. The van der Waals surface area contributed by atoms with Crippen LogP contribution in [0.5, 0.6) is 5.75 Å². The molecule has 0 unspecified atom stereocenters. The number of hydrogen-bond acceptors (Lipinski definition) is 4. The summed E-state index contributed by atoms with van der Waals surface area (Å²) in [6.07, 6.45) is 2.44. The van der Waals surface area contributed by atoms with Gasteiger partial charge >= 0.3 is 0 Å². The van der Waals surface area contributed by atoms with Gasteiger partial charge in [-0.05, 0) is 37.6 Å². The first-order valence-electron chi connectivity index (χ1n) is 7.92. The Kier molecular flexibility index (Phi) is 6.89.